The molecule has 0 radical (unpaired) electrons. The molecule has 0 atom stereocenters. The highest BCUT2D eigenvalue weighted by atomic mass is 35.5. The van der Waals surface area contributed by atoms with Crippen LogP contribution in [-0.2, 0) is 4.74 Å². The van der Waals surface area contributed by atoms with Gasteiger partial charge < -0.3 is 9.47 Å². The Morgan fingerprint density at radius 2 is 2.25 bits per heavy atom. The number of nitrogens with one attached hydrogen (secondary N) is 1. The molecule has 0 saturated heterocycles. The summed E-state index contributed by atoms with van der Waals surface area (Å²) in [5, 5.41) is 3.00. The lowest BCUT2D eigenvalue weighted by Crippen LogP contribution is -2.15. The number of carbonyl (C=O) groups excluding carboxylic acids is 1. The summed E-state index contributed by atoms with van der Waals surface area (Å²) in [6, 6.07) is 4.89. The predicted octanol–water partition coefficient (Wildman–Crippen LogP) is 3.14. The Hall–Kier alpha value is -1.13. The van der Waals surface area contributed by atoms with Gasteiger partial charge in [-0.2, -0.15) is 0 Å². The molecule has 0 aliphatic heterocycles. The lowest BCUT2D eigenvalue weighted by molar-refractivity contribution is 0.168. The van der Waals surface area contributed by atoms with Gasteiger partial charge in [0.2, 0.25) is 0 Å². The summed E-state index contributed by atoms with van der Waals surface area (Å²) in [5.41, 5.74) is 0.453. The lowest BCUT2D eigenvalue weighted by Gasteiger charge is -2.10. The molecule has 88 valence electrons. The number of hydrogen-bond acceptors (Lipinski definition) is 3. The third-order valence-corrected chi connectivity index (χ3v) is 2.10. The van der Waals surface area contributed by atoms with E-state index in [2.05, 4.69) is 5.32 Å². The molecule has 1 rings (SSSR count). The van der Waals surface area contributed by atoms with Crippen LogP contribution in [0.2, 0.25) is 5.02 Å². The quantitative estimate of drug-likeness (QED) is 0.850. The normalized spacial score (nSPS) is 9.69. The summed E-state index contributed by atoms with van der Waals surface area (Å²) < 4.78 is 9.80. The number of alkyl halides is 1. The van der Waals surface area contributed by atoms with Crippen LogP contribution in [0.5, 0.6) is 5.75 Å². The fourth-order valence-electron chi connectivity index (χ4n) is 1.06. The van der Waals surface area contributed by atoms with Gasteiger partial charge in [0.05, 0.1) is 18.7 Å². The third kappa shape index (κ3) is 3.79. The molecule has 0 heterocycles. The first-order valence-corrected chi connectivity index (χ1v) is 5.42. The van der Waals surface area contributed by atoms with Gasteiger partial charge in [0.25, 0.3) is 0 Å². The molecule has 0 saturated carbocycles. The molecule has 0 unspecified atom stereocenters. The van der Waals surface area contributed by atoms with Gasteiger partial charge in [-0.05, 0) is 18.2 Å². The second-order valence-electron chi connectivity index (χ2n) is 2.79. The van der Waals surface area contributed by atoms with Crippen LogP contribution in [0.25, 0.3) is 0 Å². The first-order chi connectivity index (χ1) is 7.67. The van der Waals surface area contributed by atoms with Gasteiger partial charge in [0.15, 0.2) is 0 Å². The first kappa shape index (κ1) is 12.9. The average Bonchev–Trinajstić information content (AvgIpc) is 2.27. The van der Waals surface area contributed by atoms with Crippen molar-refractivity contribution in [2.75, 3.05) is 24.9 Å². The molecule has 0 spiro atoms. The summed E-state index contributed by atoms with van der Waals surface area (Å²) in [4.78, 5) is 11.3. The molecule has 1 N–H and O–H groups in total. The molecule has 6 heteroatoms. The van der Waals surface area contributed by atoms with Gasteiger partial charge in [-0.25, -0.2) is 4.79 Å². The molecule has 0 aromatic heterocycles. The second kappa shape index (κ2) is 6.45. The van der Waals surface area contributed by atoms with E-state index in [-0.39, 0.29) is 12.5 Å². The van der Waals surface area contributed by atoms with Gasteiger partial charge in [-0.1, -0.05) is 11.6 Å². The molecule has 1 aromatic carbocycles. The molecule has 0 aliphatic carbocycles. The highest BCUT2D eigenvalue weighted by Crippen LogP contribution is 2.27. The minimum Gasteiger partial charge on any atom is -0.495 e. The predicted molar refractivity (Wildman–Crippen MR) is 63.7 cm³/mol. The van der Waals surface area contributed by atoms with E-state index < -0.39 is 6.09 Å². The maximum atomic E-state index is 11.3. The minimum atomic E-state index is -0.596. The van der Waals surface area contributed by atoms with E-state index in [0.717, 1.165) is 0 Å². The number of methoxy groups -OCH3 is 1. The number of ether oxygens (including phenoxy) is 2. The molecule has 1 amide bonds. The molecular weight excluding hydrogens is 253 g/mol. The maximum Gasteiger partial charge on any atom is 0.411 e. The zero-order valence-electron chi connectivity index (χ0n) is 8.63. The van der Waals surface area contributed by atoms with Gasteiger partial charge in [0.1, 0.15) is 12.4 Å². The van der Waals surface area contributed by atoms with Crippen LogP contribution >= 0.6 is 23.2 Å². The Morgan fingerprint density at radius 3 is 2.88 bits per heavy atom. The minimum absolute atomic E-state index is 0.149. The van der Waals surface area contributed by atoms with Crippen molar-refractivity contribution in [3.63, 3.8) is 0 Å². The average molecular weight is 264 g/mol. The Bertz CT molecular complexity index is 371. The molecule has 0 fully saturated rings. The number of carbonyl (C=O) groups is 1. The van der Waals surface area contributed by atoms with Crippen molar-refractivity contribution in [2.24, 2.45) is 0 Å². The number of rotatable bonds is 4. The summed E-state index contributed by atoms with van der Waals surface area (Å²) in [5.74, 6) is 0.757. The standard InChI is InChI=1S/C10H11Cl2NO3/c1-15-9-3-2-7(12)6-8(9)13-10(14)16-5-4-11/h2-3,6H,4-5H2,1H3,(H,13,14). The number of hydrogen-bond donors (Lipinski definition) is 1. The zero-order chi connectivity index (χ0) is 12.0. The molecule has 0 aliphatic rings. The van der Waals surface area contributed by atoms with E-state index in [1.54, 1.807) is 18.2 Å². The third-order valence-electron chi connectivity index (χ3n) is 1.71. The van der Waals surface area contributed by atoms with E-state index in [0.29, 0.717) is 16.5 Å². The Kier molecular flexibility index (Phi) is 5.22. The van der Waals surface area contributed by atoms with Crippen molar-refractivity contribution in [1.29, 1.82) is 0 Å². The van der Waals surface area contributed by atoms with Crippen LogP contribution in [0.15, 0.2) is 18.2 Å². The van der Waals surface area contributed by atoms with Crippen LogP contribution in [0.3, 0.4) is 0 Å². The highest BCUT2D eigenvalue weighted by Gasteiger charge is 2.08. The second-order valence-corrected chi connectivity index (χ2v) is 3.61. The smallest absolute Gasteiger partial charge is 0.411 e. The van der Waals surface area contributed by atoms with E-state index in [1.807, 2.05) is 0 Å². The molecule has 0 bridgehead atoms. The van der Waals surface area contributed by atoms with E-state index in [1.165, 1.54) is 7.11 Å². The van der Waals surface area contributed by atoms with Gasteiger partial charge in [-0.15, -0.1) is 11.6 Å². The first-order valence-electron chi connectivity index (χ1n) is 4.50. The molecule has 4 nitrogen and oxygen atoms in total. The van der Waals surface area contributed by atoms with Crippen molar-refractivity contribution in [1.82, 2.24) is 0 Å². The Morgan fingerprint density at radius 1 is 1.50 bits per heavy atom. The summed E-state index contributed by atoms with van der Waals surface area (Å²) >= 11 is 11.2. The largest absolute Gasteiger partial charge is 0.495 e. The van der Waals surface area contributed by atoms with Crippen molar-refractivity contribution in [2.45, 2.75) is 0 Å². The number of amides is 1. The zero-order valence-corrected chi connectivity index (χ0v) is 10.1. The highest BCUT2D eigenvalue weighted by molar-refractivity contribution is 6.31. The molecular formula is C10H11Cl2NO3. The van der Waals surface area contributed by atoms with Gasteiger partial charge in [0, 0.05) is 5.02 Å². The molecule has 16 heavy (non-hydrogen) atoms. The van der Waals surface area contributed by atoms with Crippen molar-refractivity contribution >= 4 is 35.0 Å². The van der Waals surface area contributed by atoms with Crippen LogP contribution in [0.4, 0.5) is 10.5 Å². The number of halogens is 2. The van der Waals surface area contributed by atoms with Crippen molar-refractivity contribution < 1.29 is 14.3 Å². The Balaban J connectivity index is 2.71. The van der Waals surface area contributed by atoms with Gasteiger partial charge in [-0.3, -0.25) is 5.32 Å². The summed E-state index contributed by atoms with van der Waals surface area (Å²) in [6.45, 7) is 0.149. The van der Waals surface area contributed by atoms with Crippen LogP contribution in [0, 0.1) is 0 Å². The van der Waals surface area contributed by atoms with Crippen LogP contribution in [0.1, 0.15) is 0 Å². The summed E-state index contributed by atoms with van der Waals surface area (Å²) in [7, 11) is 1.50. The number of benzene rings is 1. The fraction of sp³-hybridized carbons (Fsp3) is 0.300. The number of anilines is 1. The lowest BCUT2D eigenvalue weighted by atomic mass is 10.3. The van der Waals surface area contributed by atoms with Crippen LogP contribution < -0.4 is 10.1 Å². The van der Waals surface area contributed by atoms with Gasteiger partial charge >= 0.3 is 6.09 Å². The summed E-state index contributed by atoms with van der Waals surface area (Å²) in [6.07, 6.45) is -0.596. The van der Waals surface area contributed by atoms with Crippen molar-refractivity contribution in [3.8, 4) is 5.75 Å². The SMILES string of the molecule is COc1ccc(Cl)cc1NC(=O)OCCCl. The van der Waals surface area contributed by atoms with E-state index >= 15 is 0 Å². The van der Waals surface area contributed by atoms with E-state index in [9.17, 15) is 4.79 Å². The Labute approximate surface area is 103 Å². The van der Waals surface area contributed by atoms with Crippen LogP contribution in [-0.4, -0.2) is 25.7 Å². The monoisotopic (exact) mass is 263 g/mol. The maximum absolute atomic E-state index is 11.3. The molecule has 1 aromatic rings. The van der Waals surface area contributed by atoms with E-state index in [4.69, 9.17) is 32.7 Å². The van der Waals surface area contributed by atoms with Crippen molar-refractivity contribution in [3.05, 3.63) is 23.2 Å². The fourth-order valence-corrected chi connectivity index (χ4v) is 1.30. The topological polar surface area (TPSA) is 47.6 Å².